The van der Waals surface area contributed by atoms with Crippen molar-refractivity contribution in [3.05, 3.63) is 12.7 Å². The molecule has 0 saturated heterocycles. The van der Waals surface area contributed by atoms with Crippen LogP contribution in [0.25, 0.3) is 0 Å². The van der Waals surface area contributed by atoms with Crippen molar-refractivity contribution in [1.82, 2.24) is 0 Å². The van der Waals surface area contributed by atoms with Crippen LogP contribution >= 0.6 is 24.0 Å². The van der Waals surface area contributed by atoms with Crippen LogP contribution in [0.15, 0.2) is 12.7 Å². The van der Waals surface area contributed by atoms with E-state index in [1.807, 2.05) is 0 Å². The number of thioether (sulfide) groups is 1. The van der Waals surface area contributed by atoms with Crippen LogP contribution in [0.1, 0.15) is 19.8 Å². The summed E-state index contributed by atoms with van der Waals surface area (Å²) in [5.41, 5.74) is 0. The average Bonchev–Trinajstić information content (AvgIpc) is 2.20. The topological polar surface area (TPSA) is 18.5 Å². The molecule has 0 fully saturated rings. The second-order valence-electron chi connectivity index (χ2n) is 2.66. The van der Waals surface area contributed by atoms with Crippen molar-refractivity contribution in [2.75, 3.05) is 25.6 Å². The Bertz CT molecular complexity index is 160. The molecule has 4 heteroatoms. The number of hydrogen-bond acceptors (Lipinski definition) is 4. The smallest absolute Gasteiger partial charge is 0.220 e. The first-order valence-electron chi connectivity index (χ1n) is 4.79. The molecule has 0 saturated carbocycles. The van der Waals surface area contributed by atoms with Gasteiger partial charge in [0.25, 0.3) is 0 Å². The van der Waals surface area contributed by atoms with Gasteiger partial charge in [0.1, 0.15) is 6.61 Å². The molecule has 0 aliphatic rings. The monoisotopic (exact) mass is 234 g/mol. The normalized spacial score (nSPS) is 9.79. The van der Waals surface area contributed by atoms with Gasteiger partial charge in [0.15, 0.2) is 0 Å². The van der Waals surface area contributed by atoms with Crippen molar-refractivity contribution in [3.8, 4) is 0 Å². The van der Waals surface area contributed by atoms with Crippen LogP contribution in [0.5, 0.6) is 0 Å². The molecule has 0 radical (unpaired) electrons. The van der Waals surface area contributed by atoms with E-state index in [-0.39, 0.29) is 0 Å². The summed E-state index contributed by atoms with van der Waals surface area (Å²) in [5, 5.41) is 0. The highest BCUT2D eigenvalue weighted by molar-refractivity contribution is 8.22. The predicted octanol–water partition coefficient (Wildman–Crippen LogP) is 3.02. The van der Waals surface area contributed by atoms with Gasteiger partial charge in [-0.15, -0.1) is 6.58 Å². The Morgan fingerprint density at radius 2 is 2.21 bits per heavy atom. The minimum absolute atomic E-state index is 0.548. The van der Waals surface area contributed by atoms with E-state index in [2.05, 4.69) is 13.5 Å². The molecule has 0 heterocycles. The summed E-state index contributed by atoms with van der Waals surface area (Å²) in [4.78, 5) is 0. The van der Waals surface area contributed by atoms with Gasteiger partial charge in [-0.05, 0) is 18.6 Å². The molecule has 0 N–H and O–H groups in total. The number of hydrogen-bond donors (Lipinski definition) is 0. The molecular weight excluding hydrogens is 216 g/mol. The molecule has 82 valence electrons. The Morgan fingerprint density at radius 3 is 2.86 bits per heavy atom. The van der Waals surface area contributed by atoms with Crippen LogP contribution < -0.4 is 0 Å². The Morgan fingerprint density at radius 1 is 1.43 bits per heavy atom. The van der Waals surface area contributed by atoms with E-state index < -0.39 is 0 Å². The molecule has 0 aliphatic carbocycles. The number of rotatable bonds is 8. The summed E-state index contributed by atoms with van der Waals surface area (Å²) >= 11 is 6.44. The molecule has 0 aromatic carbocycles. The van der Waals surface area contributed by atoms with Gasteiger partial charge in [0.05, 0.1) is 6.61 Å². The standard InChI is InChI=1S/C10H18O2S2/c1-3-5-6-11-7-8-12-10(13)14-9-4-2/h4H,2-3,5-9H2,1H3. The largest absolute Gasteiger partial charge is 0.476 e. The molecular formula is C10H18O2S2. The zero-order valence-electron chi connectivity index (χ0n) is 8.66. The maximum absolute atomic E-state index is 5.31. The summed E-state index contributed by atoms with van der Waals surface area (Å²) in [7, 11) is 0. The predicted molar refractivity (Wildman–Crippen MR) is 66.9 cm³/mol. The van der Waals surface area contributed by atoms with Gasteiger partial charge in [-0.25, -0.2) is 0 Å². The van der Waals surface area contributed by atoms with E-state index in [1.54, 1.807) is 6.08 Å². The Labute approximate surface area is 96.0 Å². The molecule has 0 aliphatic heterocycles. The highest BCUT2D eigenvalue weighted by atomic mass is 32.2. The number of ether oxygens (including phenoxy) is 2. The lowest BCUT2D eigenvalue weighted by Crippen LogP contribution is -2.07. The Balaban J connectivity index is 3.10. The summed E-state index contributed by atoms with van der Waals surface area (Å²) in [6, 6.07) is 0. The van der Waals surface area contributed by atoms with Gasteiger partial charge in [0, 0.05) is 12.4 Å². The summed E-state index contributed by atoms with van der Waals surface area (Å²) < 4.78 is 11.1. The third-order valence-corrected chi connectivity index (χ3v) is 2.64. The SMILES string of the molecule is C=CCSC(=S)OCCOCCCC. The number of thiocarbonyl (C=S) groups is 1. The average molecular weight is 234 g/mol. The Hall–Kier alpha value is -0.0600. The molecule has 0 unspecified atom stereocenters. The van der Waals surface area contributed by atoms with E-state index in [9.17, 15) is 0 Å². The fourth-order valence-corrected chi connectivity index (χ4v) is 1.41. The lowest BCUT2D eigenvalue weighted by atomic mass is 10.4. The van der Waals surface area contributed by atoms with E-state index >= 15 is 0 Å². The zero-order chi connectivity index (χ0) is 10.6. The van der Waals surface area contributed by atoms with E-state index in [4.69, 9.17) is 21.7 Å². The van der Waals surface area contributed by atoms with Crippen LogP contribution in [-0.4, -0.2) is 30.0 Å². The summed E-state index contributed by atoms with van der Waals surface area (Å²) in [6.07, 6.45) is 4.07. The maximum atomic E-state index is 5.31. The molecule has 2 nitrogen and oxygen atoms in total. The van der Waals surface area contributed by atoms with E-state index in [1.165, 1.54) is 11.8 Å². The minimum Gasteiger partial charge on any atom is -0.476 e. The third kappa shape index (κ3) is 10.0. The quantitative estimate of drug-likeness (QED) is 0.365. The minimum atomic E-state index is 0.548. The van der Waals surface area contributed by atoms with Crippen molar-refractivity contribution >= 4 is 28.4 Å². The van der Waals surface area contributed by atoms with Gasteiger partial charge in [-0.3, -0.25) is 0 Å². The zero-order valence-corrected chi connectivity index (χ0v) is 10.3. The first-order valence-corrected chi connectivity index (χ1v) is 6.18. The third-order valence-electron chi connectivity index (χ3n) is 1.41. The highest BCUT2D eigenvalue weighted by Gasteiger charge is 1.96. The van der Waals surface area contributed by atoms with Crippen molar-refractivity contribution in [3.63, 3.8) is 0 Å². The first-order chi connectivity index (χ1) is 6.81. The first kappa shape index (κ1) is 13.9. The molecule has 14 heavy (non-hydrogen) atoms. The fraction of sp³-hybridized carbons (Fsp3) is 0.700. The lowest BCUT2D eigenvalue weighted by Gasteiger charge is -2.06. The van der Waals surface area contributed by atoms with Gasteiger partial charge in [0.2, 0.25) is 4.38 Å². The summed E-state index contributed by atoms with van der Waals surface area (Å²) in [5.74, 6) is 0.801. The fourth-order valence-electron chi connectivity index (χ4n) is 0.701. The van der Waals surface area contributed by atoms with Crippen LogP contribution in [0, 0.1) is 0 Å². The number of unbranched alkanes of at least 4 members (excludes halogenated alkanes) is 1. The molecule has 0 aromatic rings. The summed E-state index contributed by atoms with van der Waals surface area (Å²) in [6.45, 7) is 7.72. The lowest BCUT2D eigenvalue weighted by molar-refractivity contribution is 0.0971. The van der Waals surface area contributed by atoms with Crippen molar-refractivity contribution in [1.29, 1.82) is 0 Å². The second-order valence-corrected chi connectivity index (χ2v) is 4.29. The van der Waals surface area contributed by atoms with Crippen LogP contribution in [-0.2, 0) is 9.47 Å². The van der Waals surface area contributed by atoms with Crippen molar-refractivity contribution in [2.24, 2.45) is 0 Å². The second kappa shape index (κ2) is 11.0. The molecule has 0 spiro atoms. The van der Waals surface area contributed by atoms with Crippen molar-refractivity contribution in [2.45, 2.75) is 19.8 Å². The van der Waals surface area contributed by atoms with Gasteiger partial charge in [-0.1, -0.05) is 31.2 Å². The molecule has 0 bridgehead atoms. The van der Waals surface area contributed by atoms with Crippen LogP contribution in [0.3, 0.4) is 0 Å². The van der Waals surface area contributed by atoms with E-state index in [0.29, 0.717) is 17.6 Å². The molecule has 0 atom stereocenters. The maximum Gasteiger partial charge on any atom is 0.220 e. The van der Waals surface area contributed by atoms with Gasteiger partial charge < -0.3 is 9.47 Å². The van der Waals surface area contributed by atoms with Crippen molar-refractivity contribution < 1.29 is 9.47 Å². The Kier molecular flexibility index (Phi) is 11.0. The van der Waals surface area contributed by atoms with Gasteiger partial charge in [-0.2, -0.15) is 0 Å². The highest BCUT2D eigenvalue weighted by Crippen LogP contribution is 2.05. The van der Waals surface area contributed by atoms with E-state index in [0.717, 1.165) is 25.2 Å². The van der Waals surface area contributed by atoms with Crippen LogP contribution in [0.2, 0.25) is 0 Å². The van der Waals surface area contributed by atoms with Crippen LogP contribution in [0.4, 0.5) is 0 Å². The molecule has 0 amide bonds. The van der Waals surface area contributed by atoms with Gasteiger partial charge >= 0.3 is 0 Å². The molecule has 0 rings (SSSR count). The molecule has 0 aromatic heterocycles.